The fraction of sp³-hybridized carbons (Fsp3) is 0.222. The van der Waals surface area contributed by atoms with E-state index in [1.807, 2.05) is 0 Å². The van der Waals surface area contributed by atoms with Gasteiger partial charge in [0, 0.05) is 6.21 Å². The first-order chi connectivity index (χ1) is 7.38. The first kappa shape index (κ1) is 12.5. The Bertz CT molecular complexity index is 495. The summed E-state index contributed by atoms with van der Waals surface area (Å²) in [7, 11) is -4.00. The molecule has 16 heavy (non-hydrogen) atoms. The van der Waals surface area contributed by atoms with Gasteiger partial charge >= 0.3 is 0 Å². The second-order valence-corrected chi connectivity index (χ2v) is 4.64. The van der Waals surface area contributed by atoms with Gasteiger partial charge in [0.2, 0.25) is 0 Å². The molecule has 1 aromatic rings. The summed E-state index contributed by atoms with van der Waals surface area (Å²) in [5, 5.41) is 18.2. The van der Waals surface area contributed by atoms with Crippen molar-refractivity contribution in [2.45, 2.75) is 0 Å². The van der Waals surface area contributed by atoms with Crippen LogP contribution >= 0.6 is 0 Å². The maximum absolute atomic E-state index is 10.3. The maximum Gasteiger partial charge on any atom is 0.266 e. The fourth-order valence-corrected chi connectivity index (χ4v) is 1.29. The van der Waals surface area contributed by atoms with Crippen LogP contribution in [0, 0.1) is 0 Å². The van der Waals surface area contributed by atoms with Crippen molar-refractivity contribution in [2.75, 3.05) is 12.3 Å². The highest BCUT2D eigenvalue weighted by atomic mass is 32.2. The summed E-state index contributed by atoms with van der Waals surface area (Å²) >= 11 is 0. The standard InChI is InChI=1S/C9H11NO5S/c11-8-2-1-7(5-9(8)12)6-10-3-4-16(13,14)15/h1-2,5-6,11-12H,3-4H2,(H,13,14,15)/b10-6-. The van der Waals surface area contributed by atoms with E-state index in [2.05, 4.69) is 4.99 Å². The number of hydrogen-bond donors (Lipinski definition) is 3. The number of aromatic hydroxyl groups is 2. The van der Waals surface area contributed by atoms with E-state index in [9.17, 15) is 8.42 Å². The Hall–Kier alpha value is -1.60. The molecule has 0 aliphatic heterocycles. The summed E-state index contributed by atoms with van der Waals surface area (Å²) in [6.07, 6.45) is 1.34. The van der Waals surface area contributed by atoms with Crippen LogP contribution in [0.5, 0.6) is 11.5 Å². The predicted molar refractivity (Wildman–Crippen MR) is 58.6 cm³/mol. The molecule has 0 heterocycles. The number of phenols is 2. The van der Waals surface area contributed by atoms with Gasteiger partial charge in [-0.3, -0.25) is 9.55 Å². The number of hydrogen-bond acceptors (Lipinski definition) is 5. The van der Waals surface area contributed by atoms with Crippen LogP contribution in [0.4, 0.5) is 0 Å². The quantitative estimate of drug-likeness (QED) is 0.404. The normalized spacial score (nSPS) is 12.1. The lowest BCUT2D eigenvalue weighted by molar-refractivity contribution is 0.403. The summed E-state index contributed by atoms with van der Waals surface area (Å²) in [6.45, 7) is -0.0690. The Labute approximate surface area is 92.6 Å². The van der Waals surface area contributed by atoms with Gasteiger partial charge < -0.3 is 10.2 Å². The molecule has 6 nitrogen and oxygen atoms in total. The maximum atomic E-state index is 10.3. The van der Waals surface area contributed by atoms with Crippen LogP contribution in [-0.2, 0) is 10.1 Å². The second kappa shape index (κ2) is 4.95. The predicted octanol–water partition coefficient (Wildman–Crippen LogP) is 0.404. The van der Waals surface area contributed by atoms with Crippen LogP contribution in [0.2, 0.25) is 0 Å². The van der Waals surface area contributed by atoms with Crippen molar-refractivity contribution < 1.29 is 23.2 Å². The number of rotatable bonds is 4. The highest BCUT2D eigenvalue weighted by Gasteiger charge is 2.02. The first-order valence-corrected chi connectivity index (χ1v) is 5.96. The lowest BCUT2D eigenvalue weighted by Gasteiger charge is -1.98. The summed E-state index contributed by atoms with van der Waals surface area (Å²) in [5.74, 6) is -0.970. The molecule has 0 saturated carbocycles. The van der Waals surface area contributed by atoms with E-state index < -0.39 is 15.9 Å². The smallest absolute Gasteiger partial charge is 0.266 e. The van der Waals surface area contributed by atoms with Crippen LogP contribution in [0.1, 0.15) is 5.56 Å². The van der Waals surface area contributed by atoms with Gasteiger partial charge in [0.25, 0.3) is 10.1 Å². The summed E-state index contributed by atoms with van der Waals surface area (Å²) in [4.78, 5) is 3.74. The van der Waals surface area contributed by atoms with Gasteiger partial charge in [-0.05, 0) is 23.8 Å². The Morgan fingerprint density at radius 1 is 1.25 bits per heavy atom. The van der Waals surface area contributed by atoms with Crippen molar-refractivity contribution >= 4 is 16.3 Å². The lowest BCUT2D eigenvalue weighted by Crippen LogP contribution is -2.06. The van der Waals surface area contributed by atoms with Gasteiger partial charge in [0.15, 0.2) is 11.5 Å². The van der Waals surface area contributed by atoms with E-state index in [0.29, 0.717) is 5.56 Å². The molecule has 7 heteroatoms. The van der Waals surface area contributed by atoms with Crippen molar-refractivity contribution in [1.82, 2.24) is 0 Å². The molecule has 0 aromatic heterocycles. The fourth-order valence-electron chi connectivity index (χ4n) is 0.959. The Morgan fingerprint density at radius 3 is 2.50 bits per heavy atom. The van der Waals surface area contributed by atoms with E-state index >= 15 is 0 Å². The molecule has 1 aromatic carbocycles. The monoisotopic (exact) mass is 245 g/mol. The SMILES string of the molecule is O=S(=O)(O)CC/N=C\c1ccc(O)c(O)c1. The molecule has 0 radical (unpaired) electrons. The third kappa shape index (κ3) is 4.28. The van der Waals surface area contributed by atoms with Crippen molar-refractivity contribution in [1.29, 1.82) is 0 Å². The molecule has 0 aliphatic carbocycles. The number of benzene rings is 1. The lowest BCUT2D eigenvalue weighted by atomic mass is 10.2. The molecule has 0 fully saturated rings. The third-order valence-electron chi connectivity index (χ3n) is 1.72. The molecule has 88 valence electrons. The summed E-state index contributed by atoms with van der Waals surface area (Å²) < 4.78 is 29.1. The van der Waals surface area contributed by atoms with Gasteiger partial charge in [-0.1, -0.05) is 0 Å². The van der Waals surface area contributed by atoms with Gasteiger partial charge in [0.1, 0.15) is 0 Å². The molecule has 0 amide bonds. The Balaban J connectivity index is 2.60. The minimum absolute atomic E-state index is 0.0690. The number of nitrogens with zero attached hydrogens (tertiary/aromatic N) is 1. The molecule has 0 saturated heterocycles. The average Bonchev–Trinajstić information content (AvgIpc) is 2.17. The van der Waals surface area contributed by atoms with Crippen LogP contribution in [0.25, 0.3) is 0 Å². The number of phenolic OH excluding ortho intramolecular Hbond substituents is 2. The largest absolute Gasteiger partial charge is 0.504 e. The van der Waals surface area contributed by atoms with E-state index in [-0.39, 0.29) is 18.0 Å². The molecule has 0 bridgehead atoms. The van der Waals surface area contributed by atoms with Crippen molar-refractivity contribution in [3.63, 3.8) is 0 Å². The molecule has 0 unspecified atom stereocenters. The minimum Gasteiger partial charge on any atom is -0.504 e. The molecular weight excluding hydrogens is 234 g/mol. The average molecular weight is 245 g/mol. The molecule has 0 aliphatic rings. The van der Waals surface area contributed by atoms with E-state index in [1.165, 1.54) is 24.4 Å². The topological polar surface area (TPSA) is 107 Å². The second-order valence-electron chi connectivity index (χ2n) is 3.07. The van der Waals surface area contributed by atoms with Gasteiger partial charge in [-0.15, -0.1) is 0 Å². The minimum atomic E-state index is -4.00. The molecular formula is C9H11NO5S. The summed E-state index contributed by atoms with van der Waals surface area (Å²) in [6, 6.07) is 4.08. The molecule has 0 spiro atoms. The van der Waals surface area contributed by atoms with Crippen LogP contribution in [-0.4, -0.2) is 41.7 Å². The molecule has 0 atom stereocenters. The van der Waals surface area contributed by atoms with Crippen LogP contribution in [0.15, 0.2) is 23.2 Å². The third-order valence-corrected chi connectivity index (χ3v) is 2.42. The Morgan fingerprint density at radius 2 is 1.94 bits per heavy atom. The van der Waals surface area contributed by atoms with Crippen molar-refractivity contribution in [3.8, 4) is 11.5 Å². The Kier molecular flexibility index (Phi) is 3.86. The zero-order valence-corrected chi connectivity index (χ0v) is 9.05. The summed E-state index contributed by atoms with van der Waals surface area (Å²) in [5.41, 5.74) is 0.519. The first-order valence-electron chi connectivity index (χ1n) is 4.35. The highest BCUT2D eigenvalue weighted by Crippen LogP contribution is 2.23. The highest BCUT2D eigenvalue weighted by molar-refractivity contribution is 7.85. The van der Waals surface area contributed by atoms with E-state index in [4.69, 9.17) is 14.8 Å². The van der Waals surface area contributed by atoms with Gasteiger partial charge in [-0.2, -0.15) is 8.42 Å². The van der Waals surface area contributed by atoms with E-state index in [0.717, 1.165) is 0 Å². The molecule has 3 N–H and O–H groups in total. The number of aliphatic imine (C=N–C) groups is 1. The zero-order chi connectivity index (χ0) is 12.2. The van der Waals surface area contributed by atoms with E-state index in [1.54, 1.807) is 0 Å². The van der Waals surface area contributed by atoms with Crippen molar-refractivity contribution in [2.24, 2.45) is 4.99 Å². The van der Waals surface area contributed by atoms with Crippen LogP contribution < -0.4 is 0 Å². The van der Waals surface area contributed by atoms with Crippen molar-refractivity contribution in [3.05, 3.63) is 23.8 Å². The van der Waals surface area contributed by atoms with Gasteiger partial charge in [0.05, 0.1) is 12.3 Å². The van der Waals surface area contributed by atoms with Gasteiger partial charge in [-0.25, -0.2) is 0 Å². The zero-order valence-electron chi connectivity index (χ0n) is 8.24. The molecule has 1 rings (SSSR count). The van der Waals surface area contributed by atoms with Crippen LogP contribution in [0.3, 0.4) is 0 Å².